The van der Waals surface area contributed by atoms with Crippen molar-refractivity contribution in [3.63, 3.8) is 0 Å². The van der Waals surface area contributed by atoms with Crippen molar-refractivity contribution in [3.05, 3.63) is 59.9 Å². The Hall–Kier alpha value is -0.630. The monoisotopic (exact) mass is 563 g/mol. The van der Waals surface area contributed by atoms with Gasteiger partial charge in [0.25, 0.3) is 0 Å². The van der Waals surface area contributed by atoms with E-state index in [1.165, 1.54) is 43.2 Å². The van der Waals surface area contributed by atoms with Gasteiger partial charge in [-0.2, -0.15) is 0 Å². The number of nitrogens with zero attached hydrogens (tertiary/aromatic N) is 1. The second-order valence-corrected chi connectivity index (χ2v) is 9.98. The second kappa shape index (κ2) is 12.7. The van der Waals surface area contributed by atoms with Crippen LogP contribution in [-0.4, -0.2) is 6.61 Å². The first-order valence-electron chi connectivity index (χ1n) is 9.00. The molecule has 0 aliphatic heterocycles. The molecule has 1 aromatic carbocycles. The van der Waals surface area contributed by atoms with E-state index in [1.54, 1.807) is 0 Å². The zero-order valence-electron chi connectivity index (χ0n) is 14.8. The van der Waals surface area contributed by atoms with Crippen molar-refractivity contribution in [1.29, 1.82) is 0 Å². The zero-order valence-corrected chi connectivity index (χ0v) is 19.1. The van der Waals surface area contributed by atoms with Gasteiger partial charge in [-0.1, -0.05) is 39.0 Å². The molecule has 0 amide bonds. The number of rotatable bonds is 11. The minimum absolute atomic E-state index is 0.0756. The molecule has 0 N–H and O–H groups in total. The molecule has 25 heavy (non-hydrogen) atoms. The molecule has 2 nitrogen and oxygen atoms in total. The maximum absolute atomic E-state index is 5.83. The van der Waals surface area contributed by atoms with Gasteiger partial charge in [-0.15, -0.1) is 0 Å². The van der Waals surface area contributed by atoms with E-state index in [9.17, 15) is 0 Å². The predicted molar refractivity (Wildman–Crippen MR) is 110 cm³/mol. The van der Waals surface area contributed by atoms with Gasteiger partial charge in [0.05, 0.1) is 0 Å². The molecular formula is C21H27I2NO. The molecule has 0 bridgehead atoms. The van der Waals surface area contributed by atoms with Gasteiger partial charge >= 0.3 is 128 Å². The molecule has 0 aliphatic carbocycles. The first kappa shape index (κ1) is 20.7. The average molecular weight is 563 g/mol. The van der Waals surface area contributed by atoms with E-state index in [2.05, 4.69) is 89.3 Å². The predicted octanol–water partition coefficient (Wildman–Crippen LogP) is 3.09. The van der Waals surface area contributed by atoms with E-state index in [0.717, 1.165) is 18.8 Å². The third-order valence-corrected chi connectivity index (χ3v) is 7.90. The Morgan fingerprint density at radius 2 is 1.48 bits per heavy atom. The average Bonchev–Trinajstić information content (AvgIpc) is 2.67. The van der Waals surface area contributed by atoms with E-state index in [1.807, 2.05) is 0 Å². The molecule has 0 spiro atoms. The Kier molecular flexibility index (Phi) is 10.5. The molecule has 0 atom stereocenters. The summed E-state index contributed by atoms with van der Waals surface area (Å²) in [5.41, 5.74) is 2.43. The van der Waals surface area contributed by atoms with Gasteiger partial charge in [-0.05, 0) is 6.42 Å². The van der Waals surface area contributed by atoms with Crippen molar-refractivity contribution in [3.8, 4) is 5.75 Å². The topological polar surface area (TPSA) is 13.1 Å². The summed E-state index contributed by atoms with van der Waals surface area (Å²) in [4.78, 5) is 0. The maximum atomic E-state index is 5.83. The van der Waals surface area contributed by atoms with Crippen LogP contribution >= 0.6 is 18.6 Å². The number of halogens is 2. The van der Waals surface area contributed by atoms with Crippen LogP contribution in [0.2, 0.25) is 0 Å². The molecule has 136 valence electrons. The fourth-order valence-electron chi connectivity index (χ4n) is 2.51. The molecule has 1 heterocycles. The van der Waals surface area contributed by atoms with E-state index >= 15 is 0 Å². The molecule has 4 heteroatoms. The molecule has 1 aromatic heterocycles. The van der Waals surface area contributed by atoms with Crippen LogP contribution in [0.15, 0.2) is 48.8 Å². The number of ether oxygens (including phenoxy) is 1. The summed E-state index contributed by atoms with van der Waals surface area (Å²) in [6.45, 7) is 3.08. The van der Waals surface area contributed by atoms with Gasteiger partial charge in [0, 0.05) is 0 Å². The van der Waals surface area contributed by atoms with Crippen molar-refractivity contribution in [2.45, 2.75) is 45.4 Å². The summed E-state index contributed by atoms with van der Waals surface area (Å²) in [7, 11) is 0. The van der Waals surface area contributed by atoms with E-state index < -0.39 is 0 Å². The molecule has 0 aliphatic rings. The van der Waals surface area contributed by atoms with Gasteiger partial charge < -0.3 is 0 Å². The van der Waals surface area contributed by atoms with Gasteiger partial charge in [0.15, 0.2) is 0 Å². The van der Waals surface area contributed by atoms with E-state index in [4.69, 9.17) is 4.74 Å². The van der Waals surface area contributed by atoms with Gasteiger partial charge in [0.2, 0.25) is 0 Å². The van der Waals surface area contributed by atoms with Crippen molar-refractivity contribution < 1.29 is 25.0 Å². The molecular weight excluding hydrogens is 536 g/mol. The fourth-order valence-corrected chi connectivity index (χ4v) is 4.71. The van der Waals surface area contributed by atoms with E-state index in [-0.39, 0.29) is 17.5 Å². The van der Waals surface area contributed by atoms with Crippen molar-refractivity contribution in [2.75, 3.05) is 6.61 Å². The SMILES string of the molecule is CCCCCCCCOc1ccc(/C=C/c2cc[n+]([I-]I)cc2)cc1. The Morgan fingerprint density at radius 1 is 0.880 bits per heavy atom. The van der Waals surface area contributed by atoms with Gasteiger partial charge in [0.1, 0.15) is 0 Å². The second-order valence-electron chi connectivity index (χ2n) is 6.06. The number of pyridine rings is 1. The van der Waals surface area contributed by atoms with Crippen LogP contribution in [0.5, 0.6) is 5.75 Å². The number of aromatic nitrogens is 1. The summed E-state index contributed by atoms with van der Waals surface area (Å²) in [6.07, 6.45) is 16.4. The van der Waals surface area contributed by atoms with Crippen LogP contribution in [0.25, 0.3) is 12.2 Å². The summed E-state index contributed by atoms with van der Waals surface area (Å²) >= 11 is 2.54. The Bertz CT molecular complexity index is 623. The summed E-state index contributed by atoms with van der Waals surface area (Å²) in [6, 6.07) is 12.7. The minimum atomic E-state index is 0.0756. The first-order chi connectivity index (χ1) is 12.3. The fraction of sp³-hybridized carbons (Fsp3) is 0.381. The Labute approximate surface area is 172 Å². The standard InChI is InChI=1S/C21H27I2NO/c1-2-3-4-5-6-7-18-25-21-12-10-19(11-13-21)8-9-20-14-16-24(23-22)17-15-20/h8-17H,2-7,18H2,1H3/b9-8+. The molecule has 0 unspecified atom stereocenters. The Balaban J connectivity index is 1.72. The summed E-state index contributed by atoms with van der Waals surface area (Å²) < 4.78 is 8.09. The summed E-state index contributed by atoms with van der Waals surface area (Å²) in [5, 5.41) is 0. The third-order valence-electron chi connectivity index (χ3n) is 4.01. The normalized spacial score (nSPS) is 11.3. The molecule has 2 aromatic rings. The van der Waals surface area contributed by atoms with Crippen molar-refractivity contribution in [1.82, 2.24) is 0 Å². The molecule has 0 fully saturated rings. The molecule has 0 radical (unpaired) electrons. The molecule has 2 rings (SSSR count). The third kappa shape index (κ3) is 8.53. The van der Waals surface area contributed by atoms with Gasteiger partial charge in [-0.3, -0.25) is 0 Å². The van der Waals surface area contributed by atoms with Crippen LogP contribution in [0, 0.1) is 0 Å². The zero-order chi connectivity index (χ0) is 17.7. The molecule has 0 saturated carbocycles. The molecule has 0 saturated heterocycles. The Morgan fingerprint density at radius 3 is 2.12 bits per heavy atom. The summed E-state index contributed by atoms with van der Waals surface area (Å²) in [5.74, 6) is 0.970. The van der Waals surface area contributed by atoms with Crippen molar-refractivity contribution in [2.24, 2.45) is 0 Å². The van der Waals surface area contributed by atoms with Crippen LogP contribution in [-0.2, 0) is 0 Å². The quantitative estimate of drug-likeness (QED) is 0.303. The van der Waals surface area contributed by atoms with Crippen molar-refractivity contribution >= 4 is 30.8 Å². The van der Waals surface area contributed by atoms with Crippen LogP contribution < -0.4 is 25.0 Å². The first-order valence-corrected chi connectivity index (χ1v) is 16.3. The van der Waals surface area contributed by atoms with Gasteiger partial charge in [-0.25, -0.2) is 0 Å². The number of hydrogen-bond donors (Lipinski definition) is 0. The van der Waals surface area contributed by atoms with E-state index in [0.29, 0.717) is 0 Å². The van der Waals surface area contributed by atoms with Crippen LogP contribution in [0.1, 0.15) is 56.6 Å². The number of unbranched alkanes of at least 4 members (excludes halogenated alkanes) is 5. The number of benzene rings is 1. The van der Waals surface area contributed by atoms with Crippen LogP contribution in [0.3, 0.4) is 0 Å². The van der Waals surface area contributed by atoms with Crippen LogP contribution in [0.4, 0.5) is 0 Å². The number of hydrogen-bond acceptors (Lipinski definition) is 1.